The highest BCUT2D eigenvalue weighted by atomic mass is 19.1. The van der Waals surface area contributed by atoms with E-state index < -0.39 is 0 Å². The summed E-state index contributed by atoms with van der Waals surface area (Å²) in [7, 11) is 1.66. The fourth-order valence-corrected chi connectivity index (χ4v) is 3.53. The van der Waals surface area contributed by atoms with Crippen molar-refractivity contribution in [2.24, 2.45) is 0 Å². The number of halogens is 1. The van der Waals surface area contributed by atoms with Crippen LogP contribution in [0.5, 0.6) is 0 Å². The number of aromatic nitrogens is 2. The maximum absolute atomic E-state index is 13.2. The first-order valence-corrected chi connectivity index (χ1v) is 9.35. The van der Waals surface area contributed by atoms with Gasteiger partial charge in [0.1, 0.15) is 11.6 Å². The molecule has 3 aromatic rings. The van der Waals surface area contributed by atoms with Crippen LogP contribution in [0.15, 0.2) is 48.5 Å². The van der Waals surface area contributed by atoms with Crippen molar-refractivity contribution in [2.75, 3.05) is 23.9 Å². The van der Waals surface area contributed by atoms with Gasteiger partial charge in [0, 0.05) is 31.5 Å². The zero-order valence-electron chi connectivity index (χ0n) is 16.1. The topological polar surface area (TPSA) is 50.3 Å². The number of anilines is 3. The molecule has 0 atom stereocenters. The Morgan fingerprint density at radius 3 is 2.57 bits per heavy atom. The molecule has 0 saturated carbocycles. The van der Waals surface area contributed by atoms with Crippen molar-refractivity contribution < 1.29 is 9.13 Å². The second-order valence-electron chi connectivity index (χ2n) is 6.95. The number of nitrogens with zero attached hydrogens (tertiary/aromatic N) is 3. The Hall–Kier alpha value is -2.99. The monoisotopic (exact) mass is 378 g/mol. The van der Waals surface area contributed by atoms with E-state index in [1.54, 1.807) is 19.2 Å². The molecular formula is C22H23FN4O. The molecule has 0 bridgehead atoms. The van der Waals surface area contributed by atoms with Gasteiger partial charge in [-0.1, -0.05) is 24.3 Å². The number of hydrogen-bond donors (Lipinski definition) is 1. The molecule has 1 N–H and O–H groups in total. The van der Waals surface area contributed by atoms with Crippen LogP contribution in [0.1, 0.15) is 22.4 Å². The fraction of sp³-hybridized carbons (Fsp3) is 0.273. The summed E-state index contributed by atoms with van der Waals surface area (Å²) in [6.45, 7) is 4.16. The van der Waals surface area contributed by atoms with Crippen LogP contribution in [0.2, 0.25) is 0 Å². The second kappa shape index (κ2) is 7.94. The molecule has 6 heteroatoms. The summed E-state index contributed by atoms with van der Waals surface area (Å²) < 4.78 is 18.5. The smallest absolute Gasteiger partial charge is 0.229 e. The minimum absolute atomic E-state index is 0.275. The van der Waals surface area contributed by atoms with E-state index in [9.17, 15) is 4.39 Å². The fourth-order valence-electron chi connectivity index (χ4n) is 3.53. The average Bonchev–Trinajstić information content (AvgIpc) is 2.72. The van der Waals surface area contributed by atoms with Gasteiger partial charge in [0.05, 0.1) is 12.3 Å². The van der Waals surface area contributed by atoms with Crippen LogP contribution in [-0.4, -0.2) is 23.6 Å². The Morgan fingerprint density at radius 1 is 1.07 bits per heavy atom. The summed E-state index contributed by atoms with van der Waals surface area (Å²) in [5.74, 6) is 1.11. The van der Waals surface area contributed by atoms with Crippen LogP contribution >= 0.6 is 0 Å². The van der Waals surface area contributed by atoms with Crippen LogP contribution in [0.25, 0.3) is 0 Å². The van der Waals surface area contributed by atoms with E-state index in [4.69, 9.17) is 9.72 Å². The van der Waals surface area contributed by atoms with Crippen LogP contribution in [0.4, 0.5) is 21.8 Å². The summed E-state index contributed by atoms with van der Waals surface area (Å²) >= 11 is 0. The lowest BCUT2D eigenvalue weighted by Gasteiger charge is -2.31. The zero-order chi connectivity index (χ0) is 19.5. The van der Waals surface area contributed by atoms with Gasteiger partial charge in [0.2, 0.25) is 5.95 Å². The molecule has 0 unspecified atom stereocenters. The number of fused-ring (bicyclic) bond motifs is 1. The summed E-state index contributed by atoms with van der Waals surface area (Å²) in [5.41, 5.74) is 5.32. The Kier molecular flexibility index (Phi) is 5.21. The number of benzene rings is 2. The number of nitrogens with one attached hydrogen (secondary N) is 1. The molecule has 144 valence electrons. The molecule has 2 aromatic carbocycles. The molecule has 5 nitrogen and oxygen atoms in total. The van der Waals surface area contributed by atoms with Crippen LogP contribution in [0, 0.1) is 12.7 Å². The molecule has 1 aliphatic heterocycles. The lowest BCUT2D eigenvalue weighted by molar-refractivity contribution is 0.181. The predicted octanol–water partition coefficient (Wildman–Crippen LogP) is 4.38. The maximum Gasteiger partial charge on any atom is 0.229 e. The van der Waals surface area contributed by atoms with Crippen molar-refractivity contribution in [1.29, 1.82) is 0 Å². The SMILES string of the molecule is COCc1nc(Nc2ccc(F)cc2)nc(N2CCc3ccccc3C2)c1C. The lowest BCUT2D eigenvalue weighted by atomic mass is 9.99. The highest BCUT2D eigenvalue weighted by Gasteiger charge is 2.21. The number of rotatable bonds is 5. The standard InChI is InChI=1S/C22H23FN4O/c1-15-20(14-28-2)25-22(24-19-9-7-18(23)8-10-19)26-21(15)27-12-11-16-5-3-4-6-17(16)13-27/h3-10H,11-14H2,1-2H3,(H,24,25,26). The molecule has 1 aromatic heterocycles. The van der Waals surface area contributed by atoms with Crippen molar-refractivity contribution in [1.82, 2.24) is 9.97 Å². The Labute approximate surface area is 164 Å². The maximum atomic E-state index is 13.2. The van der Waals surface area contributed by atoms with Crippen molar-refractivity contribution in [3.8, 4) is 0 Å². The number of methoxy groups -OCH3 is 1. The van der Waals surface area contributed by atoms with Crippen molar-refractivity contribution >= 4 is 17.5 Å². The van der Waals surface area contributed by atoms with Crippen LogP contribution in [-0.2, 0) is 24.3 Å². The highest BCUT2D eigenvalue weighted by Crippen LogP contribution is 2.28. The summed E-state index contributed by atoms with van der Waals surface area (Å²) in [5, 5.41) is 3.18. The van der Waals surface area contributed by atoms with Crippen molar-refractivity contribution in [3.05, 3.63) is 76.7 Å². The Morgan fingerprint density at radius 2 is 1.82 bits per heavy atom. The molecule has 0 radical (unpaired) electrons. The molecule has 0 spiro atoms. The van der Waals surface area contributed by atoms with Gasteiger partial charge in [0.25, 0.3) is 0 Å². The lowest BCUT2D eigenvalue weighted by Crippen LogP contribution is -2.32. The van der Waals surface area contributed by atoms with Gasteiger partial charge < -0.3 is 15.0 Å². The van der Waals surface area contributed by atoms with E-state index in [-0.39, 0.29) is 5.82 Å². The minimum Gasteiger partial charge on any atom is -0.378 e. The third-order valence-corrected chi connectivity index (χ3v) is 5.03. The summed E-state index contributed by atoms with van der Waals surface area (Å²) in [6, 6.07) is 14.7. The molecule has 0 amide bonds. The van der Waals surface area contributed by atoms with Gasteiger partial charge in [-0.05, 0) is 48.7 Å². The first kappa shape index (κ1) is 18.4. The quantitative estimate of drug-likeness (QED) is 0.714. The van der Waals surface area contributed by atoms with Crippen molar-refractivity contribution in [2.45, 2.75) is 26.5 Å². The first-order chi connectivity index (χ1) is 13.6. The van der Waals surface area contributed by atoms with Gasteiger partial charge in [0.15, 0.2) is 0 Å². The van der Waals surface area contributed by atoms with E-state index in [2.05, 4.69) is 39.5 Å². The van der Waals surface area contributed by atoms with Gasteiger partial charge in [-0.2, -0.15) is 4.98 Å². The Balaban J connectivity index is 1.68. The molecule has 0 fully saturated rings. The van der Waals surface area contributed by atoms with Crippen LogP contribution in [0.3, 0.4) is 0 Å². The van der Waals surface area contributed by atoms with E-state index in [0.717, 1.165) is 42.3 Å². The average molecular weight is 378 g/mol. The second-order valence-corrected chi connectivity index (χ2v) is 6.95. The normalized spacial score (nSPS) is 13.3. The molecule has 2 heterocycles. The van der Waals surface area contributed by atoms with E-state index in [1.807, 2.05) is 6.92 Å². The molecule has 0 saturated heterocycles. The molecule has 4 rings (SSSR count). The Bertz CT molecular complexity index is 975. The molecule has 28 heavy (non-hydrogen) atoms. The van der Waals surface area contributed by atoms with Gasteiger partial charge in [-0.15, -0.1) is 0 Å². The van der Waals surface area contributed by atoms with E-state index in [0.29, 0.717) is 12.6 Å². The number of hydrogen-bond acceptors (Lipinski definition) is 5. The van der Waals surface area contributed by atoms with Gasteiger partial charge in [-0.25, -0.2) is 9.37 Å². The first-order valence-electron chi connectivity index (χ1n) is 9.35. The van der Waals surface area contributed by atoms with Gasteiger partial charge in [-0.3, -0.25) is 0 Å². The predicted molar refractivity (Wildman–Crippen MR) is 108 cm³/mol. The highest BCUT2D eigenvalue weighted by molar-refractivity contribution is 5.59. The third kappa shape index (κ3) is 3.82. The number of ether oxygens (including phenoxy) is 1. The zero-order valence-corrected chi connectivity index (χ0v) is 16.1. The van der Waals surface area contributed by atoms with Crippen molar-refractivity contribution in [3.63, 3.8) is 0 Å². The minimum atomic E-state index is -0.275. The summed E-state index contributed by atoms with van der Waals surface area (Å²) in [6.07, 6.45) is 0.986. The van der Waals surface area contributed by atoms with E-state index in [1.165, 1.54) is 23.3 Å². The molecule has 1 aliphatic rings. The molecule has 0 aliphatic carbocycles. The van der Waals surface area contributed by atoms with Gasteiger partial charge >= 0.3 is 0 Å². The molecular weight excluding hydrogens is 355 g/mol. The largest absolute Gasteiger partial charge is 0.378 e. The summed E-state index contributed by atoms with van der Waals surface area (Å²) in [4.78, 5) is 11.7. The third-order valence-electron chi connectivity index (χ3n) is 5.03. The van der Waals surface area contributed by atoms with Crippen LogP contribution < -0.4 is 10.2 Å². The van der Waals surface area contributed by atoms with E-state index >= 15 is 0 Å².